The molecule has 5 aromatic rings. The first-order valence-corrected chi connectivity index (χ1v) is 19.4. The number of halogens is 2. The zero-order valence-corrected chi connectivity index (χ0v) is 33.7. The summed E-state index contributed by atoms with van der Waals surface area (Å²) in [7, 11) is 1.63. The second kappa shape index (κ2) is 18.2. The maximum absolute atomic E-state index is 13.3. The van der Waals surface area contributed by atoms with E-state index in [-0.39, 0.29) is 73.6 Å². The van der Waals surface area contributed by atoms with Crippen molar-refractivity contribution >= 4 is 81.5 Å². The summed E-state index contributed by atoms with van der Waals surface area (Å²) in [5.41, 5.74) is 2.83. The molecule has 1 saturated heterocycles. The van der Waals surface area contributed by atoms with Crippen molar-refractivity contribution in [3.63, 3.8) is 0 Å². The summed E-state index contributed by atoms with van der Waals surface area (Å²) in [6, 6.07) is 8.98. The Hall–Kier alpha value is -6.48. The molecule has 0 spiro atoms. The maximum Gasteiger partial charge on any atom is 0.323 e. The Labute approximate surface area is 351 Å². The Morgan fingerprint density at radius 1 is 0.967 bits per heavy atom. The molecule has 2 aliphatic rings. The second-order valence-corrected chi connectivity index (χ2v) is 14.4. The van der Waals surface area contributed by atoms with Crippen LogP contribution in [0.4, 0.5) is 21.9 Å². The highest BCUT2D eigenvalue weighted by atomic mass is 35.5. The highest BCUT2D eigenvalue weighted by Gasteiger charge is 2.45. The summed E-state index contributed by atoms with van der Waals surface area (Å²) in [5.74, 6) is -2.56. The number of urea groups is 1. The number of piperidine rings is 1. The zero-order chi connectivity index (χ0) is 42.5. The molecule has 4 N–H and O–H groups in total. The van der Waals surface area contributed by atoms with Gasteiger partial charge in [-0.3, -0.25) is 34.2 Å². The smallest absolute Gasteiger partial charge is 0.323 e. The summed E-state index contributed by atoms with van der Waals surface area (Å²) >= 11 is 12.6. The van der Waals surface area contributed by atoms with Crippen LogP contribution in [0, 0.1) is 0 Å². The van der Waals surface area contributed by atoms with Crippen LogP contribution in [-0.2, 0) is 23.9 Å². The number of fused-ring (bicyclic) bond motifs is 2. The van der Waals surface area contributed by atoms with Crippen LogP contribution < -0.4 is 21.3 Å². The molecule has 312 valence electrons. The molecule has 2 aromatic carbocycles. The molecule has 0 bridgehead atoms. The SMILES string of the molecule is C[C@@H](c1c(NC(=O)Nc2ccc(-n3nccn3)c(Cl)c2)cnc2cc(Cl)nn12)N(C)C(=O)CCOCCOCCNc1cccc2c1C(=O)N(C1CCC(=O)NC1=O)C2=O. The van der Waals surface area contributed by atoms with Crippen molar-refractivity contribution in [1.29, 1.82) is 0 Å². The minimum Gasteiger partial charge on any atom is -0.382 e. The third-order valence-electron chi connectivity index (χ3n) is 9.81. The number of rotatable bonds is 16. The van der Waals surface area contributed by atoms with E-state index in [4.69, 9.17) is 32.7 Å². The number of amides is 7. The Balaban J connectivity index is 0.864. The van der Waals surface area contributed by atoms with Gasteiger partial charge in [-0.05, 0) is 43.7 Å². The molecule has 1 fully saturated rings. The lowest BCUT2D eigenvalue weighted by atomic mass is 10.0. The van der Waals surface area contributed by atoms with Gasteiger partial charge in [-0.25, -0.2) is 14.3 Å². The largest absolute Gasteiger partial charge is 0.382 e. The van der Waals surface area contributed by atoms with Crippen molar-refractivity contribution in [1.82, 2.24) is 44.7 Å². The predicted octanol–water partition coefficient (Wildman–Crippen LogP) is 3.72. The van der Waals surface area contributed by atoms with Crippen LogP contribution in [-0.4, -0.2) is 121 Å². The summed E-state index contributed by atoms with van der Waals surface area (Å²) in [6.07, 6.45) is 4.64. The second-order valence-electron chi connectivity index (χ2n) is 13.6. The monoisotopic (exact) mass is 860 g/mol. The number of ether oxygens (including phenoxy) is 2. The number of benzene rings is 2. The van der Waals surface area contributed by atoms with Crippen molar-refractivity contribution in [3.05, 3.63) is 88.1 Å². The van der Waals surface area contributed by atoms with Gasteiger partial charge >= 0.3 is 6.03 Å². The van der Waals surface area contributed by atoms with Crippen molar-refractivity contribution in [3.8, 4) is 5.69 Å². The van der Waals surface area contributed by atoms with Crippen molar-refractivity contribution in [2.45, 2.75) is 38.3 Å². The predicted molar refractivity (Wildman–Crippen MR) is 216 cm³/mol. The zero-order valence-electron chi connectivity index (χ0n) is 32.2. The molecule has 7 rings (SSSR count). The minimum absolute atomic E-state index is 0.0321. The van der Waals surface area contributed by atoms with E-state index < -0.39 is 41.7 Å². The number of hydrogen-bond donors (Lipinski definition) is 4. The molecule has 2 aliphatic heterocycles. The first-order valence-electron chi connectivity index (χ1n) is 18.7. The van der Waals surface area contributed by atoms with Gasteiger partial charge in [0.05, 0.1) is 85.0 Å². The van der Waals surface area contributed by atoms with Crippen LogP contribution in [0.2, 0.25) is 10.2 Å². The van der Waals surface area contributed by atoms with Crippen LogP contribution in [0.5, 0.6) is 0 Å². The van der Waals surface area contributed by atoms with Crippen LogP contribution in [0.1, 0.15) is 58.6 Å². The van der Waals surface area contributed by atoms with Gasteiger partial charge in [0, 0.05) is 37.5 Å². The van der Waals surface area contributed by atoms with E-state index in [0.29, 0.717) is 40.0 Å². The Morgan fingerprint density at radius 2 is 1.73 bits per heavy atom. The van der Waals surface area contributed by atoms with Gasteiger partial charge in [-0.2, -0.15) is 20.1 Å². The summed E-state index contributed by atoms with van der Waals surface area (Å²) in [5, 5.41) is 23.8. The number of carbonyl (C=O) groups excluding carboxylic acids is 6. The Morgan fingerprint density at radius 3 is 2.48 bits per heavy atom. The number of nitrogens with zero attached hydrogens (tertiary/aromatic N) is 8. The number of nitrogens with one attached hydrogen (secondary N) is 4. The van der Waals surface area contributed by atoms with Crippen LogP contribution in [0.25, 0.3) is 11.3 Å². The summed E-state index contributed by atoms with van der Waals surface area (Å²) < 4.78 is 12.8. The fourth-order valence-corrected chi connectivity index (χ4v) is 7.20. The molecule has 60 heavy (non-hydrogen) atoms. The van der Waals surface area contributed by atoms with Gasteiger partial charge in [0.1, 0.15) is 11.7 Å². The maximum atomic E-state index is 13.3. The van der Waals surface area contributed by atoms with E-state index >= 15 is 0 Å². The average Bonchev–Trinajstić information content (AvgIpc) is 3.95. The summed E-state index contributed by atoms with van der Waals surface area (Å²) in [6.45, 7) is 2.85. The molecule has 5 heterocycles. The lowest BCUT2D eigenvalue weighted by molar-refractivity contribution is -0.136. The highest BCUT2D eigenvalue weighted by Crippen LogP contribution is 2.33. The van der Waals surface area contributed by atoms with E-state index in [1.54, 1.807) is 50.4 Å². The van der Waals surface area contributed by atoms with E-state index in [1.165, 1.54) is 38.9 Å². The van der Waals surface area contributed by atoms with E-state index in [2.05, 4.69) is 41.5 Å². The highest BCUT2D eigenvalue weighted by molar-refractivity contribution is 6.32. The lowest BCUT2D eigenvalue weighted by Crippen LogP contribution is -2.54. The number of aromatic nitrogens is 6. The van der Waals surface area contributed by atoms with Crippen LogP contribution in [0.3, 0.4) is 0 Å². The minimum atomic E-state index is -1.06. The standard InChI is InChI=1S/C38H38Cl2N12O8/c1-21(34-26(20-42-30-19-29(40)48-51(30)34)46-38(58)45-22-6-7-27(24(39)18-22)52-43-11-12-44-52)49(2)32(54)10-14-59-16-17-60-15-13-41-25-5-3-4-23-33(25)37(57)50(36(23)56)28-8-9-31(53)47-35(28)55/h3-7,11-12,18-21,28,41H,8-10,13-17H2,1-2H3,(H2,45,46,58)(H,47,53,55)/t21-,28?/m0/s1. The molecule has 0 aliphatic carbocycles. The number of hydrogen-bond acceptors (Lipinski definition) is 13. The van der Waals surface area contributed by atoms with Crippen molar-refractivity contribution < 1.29 is 38.2 Å². The quantitative estimate of drug-likeness (QED) is 0.0819. The number of carbonyl (C=O) groups is 6. The Kier molecular flexibility index (Phi) is 12.6. The molecule has 0 radical (unpaired) electrons. The average molecular weight is 862 g/mol. The lowest BCUT2D eigenvalue weighted by Gasteiger charge is -2.27. The topological polar surface area (TPSA) is 236 Å². The van der Waals surface area contributed by atoms with E-state index in [1.807, 2.05) is 0 Å². The molecule has 0 saturated carbocycles. The first kappa shape index (κ1) is 41.7. The summed E-state index contributed by atoms with van der Waals surface area (Å²) in [4.78, 5) is 85.0. The van der Waals surface area contributed by atoms with Crippen molar-refractivity contribution in [2.24, 2.45) is 0 Å². The van der Waals surface area contributed by atoms with Gasteiger partial charge in [0.2, 0.25) is 17.7 Å². The van der Waals surface area contributed by atoms with Gasteiger partial charge in [0.15, 0.2) is 10.8 Å². The van der Waals surface area contributed by atoms with Crippen molar-refractivity contribution in [2.75, 3.05) is 56.0 Å². The molecule has 3 aromatic heterocycles. The van der Waals surface area contributed by atoms with Gasteiger partial charge in [0.25, 0.3) is 11.8 Å². The molecule has 7 amide bonds. The third-order valence-corrected chi connectivity index (χ3v) is 10.3. The first-order chi connectivity index (χ1) is 28.9. The molecular weight excluding hydrogens is 823 g/mol. The van der Waals surface area contributed by atoms with Gasteiger partial charge in [-0.15, -0.1) is 0 Å². The normalized spacial score (nSPS) is 15.5. The molecule has 2 atom stereocenters. The number of anilines is 3. The number of imide groups is 2. The molecule has 22 heteroatoms. The Bertz CT molecular complexity index is 2480. The fraction of sp³-hybridized carbons (Fsp3) is 0.316. The molecule has 20 nitrogen and oxygen atoms in total. The van der Waals surface area contributed by atoms with Gasteiger partial charge in [-0.1, -0.05) is 29.3 Å². The molecule has 1 unspecified atom stereocenters. The van der Waals surface area contributed by atoms with Crippen LogP contribution >= 0.6 is 23.2 Å². The molecular formula is C38H38Cl2N12O8. The van der Waals surface area contributed by atoms with Gasteiger partial charge < -0.3 is 30.3 Å². The van der Waals surface area contributed by atoms with Crippen LogP contribution in [0.15, 0.2) is 61.1 Å². The van der Waals surface area contributed by atoms with E-state index in [9.17, 15) is 28.8 Å². The van der Waals surface area contributed by atoms with E-state index in [0.717, 1.165) is 4.90 Å². The fourth-order valence-electron chi connectivity index (χ4n) is 6.77. The third kappa shape index (κ3) is 8.90.